The number of nitrogens with one attached hydrogen (secondary N) is 1. The number of benzene rings is 1. The fourth-order valence-electron chi connectivity index (χ4n) is 6.49. The van der Waals surface area contributed by atoms with E-state index in [0.29, 0.717) is 5.92 Å². The lowest BCUT2D eigenvalue weighted by Crippen LogP contribution is -2.54. The summed E-state index contributed by atoms with van der Waals surface area (Å²) >= 11 is 0. The molecule has 3 aliphatic rings. The van der Waals surface area contributed by atoms with Gasteiger partial charge in [0.25, 0.3) is 0 Å². The quantitative estimate of drug-likeness (QED) is 0.535. The van der Waals surface area contributed by atoms with Crippen LogP contribution in [0.15, 0.2) is 41.6 Å². The lowest BCUT2D eigenvalue weighted by molar-refractivity contribution is -0.136. The maximum absolute atomic E-state index is 13.7. The number of aryl methyl sites for hydroxylation is 2. The summed E-state index contributed by atoms with van der Waals surface area (Å²) in [5.41, 5.74) is 5.70. The van der Waals surface area contributed by atoms with Crippen LogP contribution in [0.2, 0.25) is 0 Å². The largest absolute Gasteiger partial charge is 0.374 e. The van der Waals surface area contributed by atoms with Crippen molar-refractivity contribution in [3.05, 3.63) is 58.3 Å². The third kappa shape index (κ3) is 5.33. The molecule has 1 amide bonds. The van der Waals surface area contributed by atoms with Crippen molar-refractivity contribution in [1.29, 1.82) is 0 Å². The van der Waals surface area contributed by atoms with Crippen molar-refractivity contribution in [2.24, 2.45) is 17.3 Å². The monoisotopic (exact) mass is 464 g/mol. The number of hydrogen-bond donors (Lipinski definition) is 2. The first-order chi connectivity index (χ1) is 16.2. The number of rotatable bonds is 5. The Labute approximate surface area is 206 Å². The van der Waals surface area contributed by atoms with Crippen LogP contribution >= 0.6 is 0 Å². The van der Waals surface area contributed by atoms with Crippen molar-refractivity contribution in [2.45, 2.75) is 98.3 Å². The maximum Gasteiger partial charge on any atom is 0.228 e. The molecular weight excluding hydrogens is 420 g/mol. The number of aliphatic hydroxyl groups excluding tert-OH is 1. The van der Waals surface area contributed by atoms with Gasteiger partial charge in [-0.2, -0.15) is 0 Å². The van der Waals surface area contributed by atoms with Gasteiger partial charge in [0, 0.05) is 23.8 Å². The van der Waals surface area contributed by atoms with Crippen LogP contribution in [0, 0.1) is 31.1 Å². The normalized spacial score (nSPS) is 25.6. The van der Waals surface area contributed by atoms with Crippen molar-refractivity contribution in [3.8, 4) is 0 Å². The van der Waals surface area contributed by atoms with Crippen LogP contribution in [0.4, 0.5) is 0 Å². The average molecular weight is 465 g/mol. The zero-order valence-electron chi connectivity index (χ0n) is 21.9. The summed E-state index contributed by atoms with van der Waals surface area (Å²) in [6.45, 7) is 11.7. The Hall–Kier alpha value is -1.91. The Morgan fingerprint density at radius 1 is 1.09 bits per heavy atom. The summed E-state index contributed by atoms with van der Waals surface area (Å²) in [6.07, 6.45) is 12.3. The van der Waals surface area contributed by atoms with Gasteiger partial charge in [0.1, 0.15) is 6.23 Å². The second-order valence-electron chi connectivity index (χ2n) is 11.8. The van der Waals surface area contributed by atoms with Gasteiger partial charge >= 0.3 is 0 Å². The summed E-state index contributed by atoms with van der Waals surface area (Å²) in [5.74, 6) is 0.540. The Morgan fingerprint density at radius 2 is 1.76 bits per heavy atom. The molecule has 0 bridgehead atoms. The molecule has 0 radical (unpaired) electrons. The molecule has 1 saturated heterocycles. The molecule has 34 heavy (non-hydrogen) atoms. The van der Waals surface area contributed by atoms with E-state index in [9.17, 15) is 9.90 Å². The van der Waals surface area contributed by atoms with Gasteiger partial charge in [-0.05, 0) is 86.5 Å². The van der Waals surface area contributed by atoms with E-state index in [-0.39, 0.29) is 23.3 Å². The second kappa shape index (κ2) is 10.4. The van der Waals surface area contributed by atoms with Gasteiger partial charge in [0.15, 0.2) is 0 Å². The Kier molecular flexibility index (Phi) is 7.69. The van der Waals surface area contributed by atoms with Crippen LogP contribution in [0.5, 0.6) is 0 Å². The van der Waals surface area contributed by atoms with Crippen LogP contribution < -0.4 is 5.32 Å². The Bertz CT molecular complexity index is 929. The number of amides is 1. The maximum atomic E-state index is 13.7. The summed E-state index contributed by atoms with van der Waals surface area (Å²) in [6, 6.07) is 6.31. The lowest BCUT2D eigenvalue weighted by Gasteiger charge is -2.46. The number of nitrogens with zero attached hydrogens (tertiary/aromatic N) is 1. The van der Waals surface area contributed by atoms with Gasteiger partial charge in [-0.3, -0.25) is 9.69 Å². The van der Waals surface area contributed by atoms with Crippen LogP contribution in [0.1, 0.15) is 95.1 Å². The SMILES string of the molecule is Cc1cccc(C)c1C(O)N1CCCC(C(=O)NC2=CC(C(C)(C)C)=CCC2)[C@@H]1C1CCCC1. The number of likely N-dealkylation sites (tertiary alicyclic amines) is 1. The molecule has 2 fully saturated rings. The zero-order valence-corrected chi connectivity index (χ0v) is 21.9. The van der Waals surface area contributed by atoms with Gasteiger partial charge in [-0.1, -0.05) is 57.9 Å². The van der Waals surface area contributed by atoms with Crippen molar-refractivity contribution < 1.29 is 9.90 Å². The molecule has 2 unspecified atom stereocenters. The topological polar surface area (TPSA) is 52.6 Å². The van der Waals surface area contributed by atoms with Gasteiger partial charge in [0.2, 0.25) is 5.91 Å². The molecule has 1 aromatic rings. The highest BCUT2D eigenvalue weighted by Crippen LogP contribution is 2.42. The van der Waals surface area contributed by atoms with Gasteiger partial charge in [0.05, 0.1) is 5.92 Å². The highest BCUT2D eigenvalue weighted by molar-refractivity contribution is 5.81. The van der Waals surface area contributed by atoms with E-state index in [2.05, 4.69) is 75.2 Å². The molecule has 0 spiro atoms. The van der Waals surface area contributed by atoms with E-state index in [1.807, 2.05) is 0 Å². The molecule has 1 aromatic carbocycles. The molecule has 4 heteroatoms. The number of allylic oxidation sites excluding steroid dienone is 4. The Balaban J connectivity index is 1.59. The molecule has 4 nitrogen and oxygen atoms in total. The zero-order chi connectivity index (χ0) is 24.5. The molecule has 3 atom stereocenters. The highest BCUT2D eigenvalue weighted by atomic mass is 16.3. The predicted octanol–water partition coefficient (Wildman–Crippen LogP) is 6.33. The van der Waals surface area contributed by atoms with E-state index in [0.717, 1.165) is 67.5 Å². The standard InChI is InChI=1S/C30H44N2O2/c1-20-11-8-12-21(2)26(20)29(34)32-18-10-17-25(27(32)22-13-6-7-14-22)28(33)31-24-16-9-15-23(19-24)30(3,4)5/h8,11-12,15,19,22,25,27,29,34H,6-7,9-10,13-14,16-18H2,1-5H3,(H,31,33)/t25?,27-,29?/m0/s1. The van der Waals surface area contributed by atoms with Gasteiger partial charge in [-0.25, -0.2) is 0 Å². The molecule has 186 valence electrons. The first kappa shape index (κ1) is 25.2. The van der Waals surface area contributed by atoms with Crippen molar-refractivity contribution in [2.75, 3.05) is 6.54 Å². The first-order valence-corrected chi connectivity index (χ1v) is 13.4. The number of carbonyl (C=O) groups excluding carboxylic acids is 1. The van der Waals surface area contributed by atoms with E-state index in [4.69, 9.17) is 0 Å². The number of hydrogen-bond acceptors (Lipinski definition) is 3. The molecule has 2 N–H and O–H groups in total. The molecular formula is C30H44N2O2. The fourth-order valence-corrected chi connectivity index (χ4v) is 6.49. The molecule has 4 rings (SSSR count). The second-order valence-corrected chi connectivity index (χ2v) is 11.8. The molecule has 1 aliphatic heterocycles. The van der Waals surface area contributed by atoms with Gasteiger partial charge < -0.3 is 10.4 Å². The number of aliphatic hydroxyl groups is 1. The minimum atomic E-state index is -0.660. The summed E-state index contributed by atoms with van der Waals surface area (Å²) in [5, 5.41) is 15.0. The minimum absolute atomic E-state index is 0.0827. The van der Waals surface area contributed by atoms with Gasteiger partial charge in [-0.15, -0.1) is 0 Å². The van der Waals surface area contributed by atoms with E-state index in [1.165, 1.54) is 18.4 Å². The molecule has 1 saturated carbocycles. The van der Waals surface area contributed by atoms with E-state index >= 15 is 0 Å². The van der Waals surface area contributed by atoms with Crippen molar-refractivity contribution >= 4 is 5.91 Å². The molecule has 2 aliphatic carbocycles. The van der Waals surface area contributed by atoms with E-state index < -0.39 is 6.23 Å². The third-order valence-corrected chi connectivity index (χ3v) is 8.32. The summed E-state index contributed by atoms with van der Waals surface area (Å²) in [7, 11) is 0. The average Bonchev–Trinajstić information content (AvgIpc) is 3.32. The minimum Gasteiger partial charge on any atom is -0.374 e. The highest BCUT2D eigenvalue weighted by Gasteiger charge is 2.44. The Morgan fingerprint density at radius 3 is 2.41 bits per heavy atom. The smallest absolute Gasteiger partial charge is 0.228 e. The van der Waals surface area contributed by atoms with Crippen molar-refractivity contribution in [1.82, 2.24) is 10.2 Å². The molecule has 0 aromatic heterocycles. The van der Waals surface area contributed by atoms with Crippen LogP contribution in [0.25, 0.3) is 0 Å². The predicted molar refractivity (Wildman–Crippen MR) is 139 cm³/mol. The third-order valence-electron chi connectivity index (χ3n) is 8.32. The first-order valence-electron chi connectivity index (χ1n) is 13.4. The lowest BCUT2D eigenvalue weighted by atomic mass is 9.78. The van der Waals surface area contributed by atoms with Crippen LogP contribution in [-0.4, -0.2) is 28.5 Å². The summed E-state index contributed by atoms with van der Waals surface area (Å²) < 4.78 is 0. The summed E-state index contributed by atoms with van der Waals surface area (Å²) in [4.78, 5) is 16.0. The number of carbonyl (C=O) groups is 1. The van der Waals surface area contributed by atoms with Crippen LogP contribution in [0.3, 0.4) is 0 Å². The van der Waals surface area contributed by atoms with Crippen LogP contribution in [-0.2, 0) is 4.79 Å². The van der Waals surface area contributed by atoms with Crippen molar-refractivity contribution in [3.63, 3.8) is 0 Å². The molecule has 1 heterocycles. The number of piperidine rings is 1. The van der Waals surface area contributed by atoms with E-state index in [1.54, 1.807) is 0 Å². The fraction of sp³-hybridized carbons (Fsp3) is 0.633.